The van der Waals surface area contributed by atoms with E-state index in [1.165, 1.54) is 6.33 Å². The number of piperidine rings is 1. The van der Waals surface area contributed by atoms with Gasteiger partial charge in [-0.2, -0.15) is 0 Å². The molecule has 1 saturated heterocycles. The Morgan fingerprint density at radius 1 is 1.31 bits per heavy atom. The van der Waals surface area contributed by atoms with Crippen molar-refractivity contribution >= 4 is 23.0 Å². The fourth-order valence-electron chi connectivity index (χ4n) is 3.06. The number of aromatic nitrogens is 2. The predicted molar refractivity (Wildman–Crippen MR) is 100 cm³/mol. The summed E-state index contributed by atoms with van der Waals surface area (Å²) < 4.78 is 5.58. The minimum absolute atomic E-state index is 0.103. The highest BCUT2D eigenvalue weighted by molar-refractivity contribution is 5.76. The molecule has 0 radical (unpaired) electrons. The van der Waals surface area contributed by atoms with Gasteiger partial charge in [-0.05, 0) is 37.8 Å². The van der Waals surface area contributed by atoms with Crippen LogP contribution in [0.5, 0.6) is 5.75 Å². The molecule has 1 aliphatic rings. The van der Waals surface area contributed by atoms with Crippen LogP contribution in [0.25, 0.3) is 0 Å². The lowest BCUT2D eigenvalue weighted by Gasteiger charge is -2.30. The summed E-state index contributed by atoms with van der Waals surface area (Å²) in [6, 6.07) is 7.31. The van der Waals surface area contributed by atoms with Gasteiger partial charge in [-0.25, -0.2) is 9.97 Å². The van der Waals surface area contributed by atoms with E-state index in [1.807, 2.05) is 30.0 Å². The Bertz CT molecular complexity index is 775. The van der Waals surface area contributed by atoms with Gasteiger partial charge in [0.2, 0.25) is 11.6 Å². The van der Waals surface area contributed by atoms with E-state index in [0.717, 1.165) is 25.9 Å². The number of anilines is 3. The van der Waals surface area contributed by atoms with Gasteiger partial charge in [-0.15, -0.1) is 0 Å². The van der Waals surface area contributed by atoms with E-state index in [4.69, 9.17) is 4.74 Å². The van der Waals surface area contributed by atoms with Crippen LogP contribution in [0.2, 0.25) is 0 Å². The molecule has 138 valence electrons. The molecule has 0 spiro atoms. The lowest BCUT2D eigenvalue weighted by atomic mass is 9.99. The topological polar surface area (TPSA) is 93.4 Å². The van der Waals surface area contributed by atoms with Crippen LogP contribution in [0.3, 0.4) is 0 Å². The van der Waals surface area contributed by atoms with Gasteiger partial charge in [0, 0.05) is 13.1 Å². The van der Waals surface area contributed by atoms with Gasteiger partial charge in [0.05, 0.1) is 17.2 Å². The maximum Gasteiger partial charge on any atom is 0.353 e. The van der Waals surface area contributed by atoms with E-state index < -0.39 is 4.92 Å². The lowest BCUT2D eigenvalue weighted by Crippen LogP contribution is -2.34. The molecule has 8 heteroatoms. The van der Waals surface area contributed by atoms with Crippen LogP contribution in [0.1, 0.15) is 26.7 Å². The lowest BCUT2D eigenvalue weighted by molar-refractivity contribution is -0.383. The van der Waals surface area contributed by atoms with Gasteiger partial charge in [-0.1, -0.05) is 19.1 Å². The molecule has 1 aromatic heterocycles. The van der Waals surface area contributed by atoms with Crippen molar-refractivity contribution in [3.8, 4) is 5.75 Å². The summed E-state index contributed by atoms with van der Waals surface area (Å²) in [4.78, 5) is 21.7. The summed E-state index contributed by atoms with van der Waals surface area (Å²) in [7, 11) is 0. The van der Waals surface area contributed by atoms with Crippen molar-refractivity contribution in [3.63, 3.8) is 0 Å². The Morgan fingerprint density at radius 2 is 2.04 bits per heavy atom. The molecular formula is C18H23N5O3. The third-order valence-corrected chi connectivity index (χ3v) is 4.51. The van der Waals surface area contributed by atoms with E-state index in [-0.39, 0.29) is 11.5 Å². The number of ether oxygens (including phenoxy) is 1. The van der Waals surface area contributed by atoms with Gasteiger partial charge >= 0.3 is 5.69 Å². The largest absolute Gasteiger partial charge is 0.492 e. The number of hydrogen-bond donors (Lipinski definition) is 1. The van der Waals surface area contributed by atoms with Crippen LogP contribution < -0.4 is 15.0 Å². The first-order valence-electron chi connectivity index (χ1n) is 8.83. The molecule has 2 aromatic rings. The molecular weight excluding hydrogens is 334 g/mol. The Morgan fingerprint density at radius 3 is 2.73 bits per heavy atom. The molecule has 0 amide bonds. The van der Waals surface area contributed by atoms with Crippen molar-refractivity contribution in [2.75, 3.05) is 29.9 Å². The average molecular weight is 357 g/mol. The summed E-state index contributed by atoms with van der Waals surface area (Å²) in [5.41, 5.74) is 0.530. The first-order valence-corrected chi connectivity index (χ1v) is 8.83. The minimum atomic E-state index is -0.418. The van der Waals surface area contributed by atoms with Crippen LogP contribution in [-0.2, 0) is 0 Å². The fraction of sp³-hybridized carbons (Fsp3) is 0.444. The van der Waals surface area contributed by atoms with Crippen LogP contribution in [0, 0.1) is 16.0 Å². The highest BCUT2D eigenvalue weighted by Crippen LogP contribution is 2.37. The Kier molecular flexibility index (Phi) is 5.50. The zero-order valence-corrected chi connectivity index (χ0v) is 15.0. The molecule has 2 heterocycles. The van der Waals surface area contributed by atoms with Crippen LogP contribution in [0.15, 0.2) is 30.6 Å². The van der Waals surface area contributed by atoms with Crippen molar-refractivity contribution in [2.45, 2.75) is 26.7 Å². The second kappa shape index (κ2) is 7.99. The summed E-state index contributed by atoms with van der Waals surface area (Å²) in [6.07, 6.45) is 3.36. The number of nitrogens with zero attached hydrogens (tertiary/aromatic N) is 4. The summed E-state index contributed by atoms with van der Waals surface area (Å²) in [5, 5.41) is 14.8. The molecule has 3 rings (SSSR count). The smallest absolute Gasteiger partial charge is 0.353 e. The van der Waals surface area contributed by atoms with Crippen molar-refractivity contribution in [3.05, 3.63) is 40.7 Å². The Labute approximate surface area is 152 Å². The Hall–Kier alpha value is -2.90. The number of benzene rings is 1. The van der Waals surface area contributed by atoms with Gasteiger partial charge in [0.15, 0.2) is 0 Å². The molecule has 1 aliphatic heterocycles. The number of nitro groups is 1. The summed E-state index contributed by atoms with van der Waals surface area (Å²) >= 11 is 0. The third kappa shape index (κ3) is 3.84. The number of para-hydroxylation sites is 2. The van der Waals surface area contributed by atoms with E-state index in [9.17, 15) is 10.1 Å². The SMILES string of the molecule is CCOc1ccccc1Nc1ncnc(N2CCC(C)CC2)c1[N+](=O)[O-]. The van der Waals surface area contributed by atoms with E-state index >= 15 is 0 Å². The molecule has 1 fully saturated rings. The summed E-state index contributed by atoms with van der Waals surface area (Å²) in [6.45, 7) is 6.10. The highest BCUT2D eigenvalue weighted by Gasteiger charge is 2.29. The van der Waals surface area contributed by atoms with Gasteiger partial charge in [0.25, 0.3) is 0 Å². The maximum atomic E-state index is 11.8. The molecule has 8 nitrogen and oxygen atoms in total. The average Bonchev–Trinajstić information content (AvgIpc) is 2.64. The molecule has 0 bridgehead atoms. The van der Waals surface area contributed by atoms with Crippen molar-refractivity contribution in [2.24, 2.45) is 5.92 Å². The zero-order chi connectivity index (χ0) is 18.5. The van der Waals surface area contributed by atoms with Crippen molar-refractivity contribution in [1.29, 1.82) is 0 Å². The second-order valence-corrected chi connectivity index (χ2v) is 6.38. The number of nitrogens with one attached hydrogen (secondary N) is 1. The predicted octanol–water partition coefficient (Wildman–Crippen LogP) is 3.76. The molecule has 0 unspecified atom stereocenters. The molecule has 0 atom stereocenters. The van der Waals surface area contributed by atoms with Gasteiger partial charge in [0.1, 0.15) is 12.1 Å². The van der Waals surface area contributed by atoms with Crippen LogP contribution in [0.4, 0.5) is 23.0 Å². The first-order chi connectivity index (χ1) is 12.6. The first kappa shape index (κ1) is 17.9. The van der Waals surface area contributed by atoms with E-state index in [0.29, 0.717) is 29.8 Å². The second-order valence-electron chi connectivity index (χ2n) is 6.38. The van der Waals surface area contributed by atoms with Gasteiger partial charge < -0.3 is 15.0 Å². The summed E-state index contributed by atoms with van der Waals surface area (Å²) in [5.74, 6) is 1.79. The third-order valence-electron chi connectivity index (χ3n) is 4.51. The van der Waals surface area contributed by atoms with Crippen molar-refractivity contribution < 1.29 is 9.66 Å². The van der Waals surface area contributed by atoms with Crippen molar-refractivity contribution in [1.82, 2.24) is 9.97 Å². The van der Waals surface area contributed by atoms with Crippen LogP contribution >= 0.6 is 0 Å². The monoisotopic (exact) mass is 357 g/mol. The standard InChI is InChI=1S/C18H23N5O3/c1-3-26-15-7-5-4-6-14(15)21-17-16(23(24)25)18(20-12-19-17)22-10-8-13(2)9-11-22/h4-7,12-13H,3,8-11H2,1-2H3,(H,19,20,21). The normalized spacial score (nSPS) is 14.9. The number of rotatable bonds is 6. The zero-order valence-electron chi connectivity index (χ0n) is 15.0. The van der Waals surface area contributed by atoms with Crippen LogP contribution in [-0.4, -0.2) is 34.6 Å². The van der Waals surface area contributed by atoms with E-state index in [1.54, 1.807) is 6.07 Å². The molecule has 1 aromatic carbocycles. The maximum absolute atomic E-state index is 11.8. The number of hydrogen-bond acceptors (Lipinski definition) is 7. The quantitative estimate of drug-likeness (QED) is 0.621. The van der Waals surface area contributed by atoms with Gasteiger partial charge in [-0.3, -0.25) is 10.1 Å². The highest BCUT2D eigenvalue weighted by atomic mass is 16.6. The molecule has 1 N–H and O–H groups in total. The molecule has 0 aliphatic carbocycles. The van der Waals surface area contributed by atoms with E-state index in [2.05, 4.69) is 22.2 Å². The molecule has 0 saturated carbocycles. The minimum Gasteiger partial charge on any atom is -0.492 e. The molecule has 26 heavy (non-hydrogen) atoms. The Balaban J connectivity index is 1.95. The fourth-order valence-corrected chi connectivity index (χ4v) is 3.06.